The van der Waals surface area contributed by atoms with E-state index in [0.717, 1.165) is 18.4 Å². The van der Waals surface area contributed by atoms with Crippen molar-refractivity contribution in [3.8, 4) is 11.1 Å². The molecule has 0 spiro atoms. The van der Waals surface area contributed by atoms with E-state index in [1.807, 2.05) is 6.07 Å². The van der Waals surface area contributed by atoms with Crippen LogP contribution in [0.15, 0.2) is 36.9 Å². The van der Waals surface area contributed by atoms with Crippen LogP contribution in [-0.4, -0.2) is 37.6 Å². The number of carboxylic acids is 1. The van der Waals surface area contributed by atoms with E-state index in [-0.39, 0.29) is 17.0 Å². The van der Waals surface area contributed by atoms with Crippen molar-refractivity contribution in [2.75, 3.05) is 5.32 Å². The Morgan fingerprint density at radius 1 is 1.20 bits per heavy atom. The number of primary amides is 1. The lowest BCUT2D eigenvalue weighted by molar-refractivity contribution is 0.0696. The Hall–Kier alpha value is -3.42. The zero-order valence-electron chi connectivity index (χ0n) is 17.2. The number of carboxylic acid groups (broad SMARTS) is 1. The van der Waals surface area contributed by atoms with Gasteiger partial charge in [-0.1, -0.05) is 20.8 Å². The molecule has 3 aromatic heterocycles. The van der Waals surface area contributed by atoms with Crippen LogP contribution in [-0.2, 0) is 0 Å². The number of fused-ring (bicyclic) bond motifs is 1. The van der Waals surface area contributed by atoms with Crippen molar-refractivity contribution in [1.29, 1.82) is 0 Å². The van der Waals surface area contributed by atoms with Crippen molar-refractivity contribution in [1.82, 2.24) is 14.6 Å². The van der Waals surface area contributed by atoms with Crippen LogP contribution in [0.3, 0.4) is 0 Å². The van der Waals surface area contributed by atoms with Gasteiger partial charge < -0.3 is 16.2 Å². The third-order valence-corrected chi connectivity index (χ3v) is 6.60. The van der Waals surface area contributed by atoms with Crippen LogP contribution < -0.4 is 11.1 Å². The fourth-order valence-electron chi connectivity index (χ4n) is 4.20. The van der Waals surface area contributed by atoms with E-state index in [4.69, 9.17) is 5.73 Å². The molecule has 8 heteroatoms. The van der Waals surface area contributed by atoms with E-state index in [2.05, 4.69) is 36.2 Å². The summed E-state index contributed by atoms with van der Waals surface area (Å²) in [7, 11) is 0. The van der Waals surface area contributed by atoms with E-state index < -0.39 is 11.9 Å². The largest absolute Gasteiger partial charge is 0.478 e. The molecule has 1 aliphatic carbocycles. The number of aromatic nitrogens is 3. The van der Waals surface area contributed by atoms with Crippen LogP contribution in [0.5, 0.6) is 0 Å². The second-order valence-electron chi connectivity index (χ2n) is 8.62. The van der Waals surface area contributed by atoms with Gasteiger partial charge in [0, 0.05) is 35.8 Å². The van der Waals surface area contributed by atoms with Gasteiger partial charge in [-0.2, -0.15) is 5.10 Å². The van der Waals surface area contributed by atoms with Crippen LogP contribution >= 0.6 is 0 Å². The lowest BCUT2D eigenvalue weighted by Crippen LogP contribution is -2.35. The van der Waals surface area contributed by atoms with Gasteiger partial charge in [-0.3, -0.25) is 9.78 Å². The summed E-state index contributed by atoms with van der Waals surface area (Å²) in [4.78, 5) is 27.4. The minimum Gasteiger partial charge on any atom is -0.478 e. The Labute approximate surface area is 174 Å². The number of anilines is 1. The molecule has 30 heavy (non-hydrogen) atoms. The van der Waals surface area contributed by atoms with Crippen LogP contribution in [0, 0.1) is 11.3 Å². The maximum Gasteiger partial charge on any atom is 0.337 e. The molecule has 0 saturated heterocycles. The zero-order chi connectivity index (χ0) is 21.6. The van der Waals surface area contributed by atoms with Gasteiger partial charge in [0.25, 0.3) is 5.91 Å². The molecule has 4 rings (SSSR count). The minimum atomic E-state index is -1.04. The summed E-state index contributed by atoms with van der Waals surface area (Å²) >= 11 is 0. The summed E-state index contributed by atoms with van der Waals surface area (Å²) in [6, 6.07) is 3.62. The van der Waals surface area contributed by atoms with Crippen molar-refractivity contribution in [3.05, 3.63) is 48.0 Å². The molecule has 1 fully saturated rings. The Kier molecular flexibility index (Phi) is 4.72. The molecule has 4 N–H and O–H groups in total. The fourth-order valence-corrected chi connectivity index (χ4v) is 4.20. The Balaban J connectivity index is 1.82. The van der Waals surface area contributed by atoms with E-state index in [0.29, 0.717) is 28.2 Å². The highest BCUT2D eigenvalue weighted by molar-refractivity contribution is 6.02. The predicted octanol–water partition coefficient (Wildman–Crippen LogP) is 3.43. The van der Waals surface area contributed by atoms with Gasteiger partial charge in [0.15, 0.2) is 0 Å². The average Bonchev–Trinajstić information content (AvgIpc) is 3.24. The molecule has 1 unspecified atom stereocenters. The standard InChI is InChI=1S/C22H25N5O3/c1-12-4-5-18(22(12,2)3)26-19-16(20(23)28)10-25-27-11-15(7-17(19)27)13-6-14(21(29)30)9-24-8-13/h6-12,18,26H,4-5H2,1-3H3,(H2,23,28)(H,29,30)/t12?,18-/m1/s1. The Morgan fingerprint density at radius 2 is 1.97 bits per heavy atom. The highest BCUT2D eigenvalue weighted by Crippen LogP contribution is 2.44. The first kappa shape index (κ1) is 19.9. The number of carbonyl (C=O) groups is 2. The highest BCUT2D eigenvalue weighted by Gasteiger charge is 2.41. The Morgan fingerprint density at radius 3 is 2.60 bits per heavy atom. The molecule has 1 amide bonds. The lowest BCUT2D eigenvalue weighted by atomic mass is 9.80. The SMILES string of the molecule is CC1CC[C@@H](Nc2c(C(N)=O)cnn3cc(-c4cncc(C(=O)O)c4)cc23)C1(C)C. The van der Waals surface area contributed by atoms with E-state index >= 15 is 0 Å². The topological polar surface area (TPSA) is 123 Å². The molecule has 1 saturated carbocycles. The van der Waals surface area contributed by atoms with Crippen LogP contribution in [0.2, 0.25) is 0 Å². The van der Waals surface area contributed by atoms with Crippen molar-refractivity contribution in [2.24, 2.45) is 17.1 Å². The number of carbonyl (C=O) groups excluding carboxylic acids is 1. The molecular formula is C22H25N5O3. The van der Waals surface area contributed by atoms with Gasteiger partial charge in [-0.15, -0.1) is 0 Å². The normalized spacial score (nSPS) is 20.4. The van der Waals surface area contributed by atoms with Crippen LogP contribution in [0.1, 0.15) is 54.3 Å². The smallest absolute Gasteiger partial charge is 0.337 e. The van der Waals surface area contributed by atoms with Gasteiger partial charge in [0.05, 0.1) is 28.5 Å². The summed E-state index contributed by atoms with van der Waals surface area (Å²) in [5.41, 5.74) is 8.90. The molecule has 3 aromatic rings. The summed E-state index contributed by atoms with van der Waals surface area (Å²) in [5, 5.41) is 17.2. The molecule has 0 bridgehead atoms. The molecule has 3 heterocycles. The number of hydrogen-bond acceptors (Lipinski definition) is 5. The number of aromatic carboxylic acids is 1. The molecule has 8 nitrogen and oxygen atoms in total. The number of nitrogens with one attached hydrogen (secondary N) is 1. The van der Waals surface area contributed by atoms with E-state index in [9.17, 15) is 14.7 Å². The average molecular weight is 407 g/mol. The predicted molar refractivity (Wildman–Crippen MR) is 113 cm³/mol. The number of nitrogens with two attached hydrogens (primary N) is 1. The van der Waals surface area contributed by atoms with Gasteiger partial charge in [0.1, 0.15) is 0 Å². The van der Waals surface area contributed by atoms with Crippen molar-refractivity contribution >= 4 is 23.1 Å². The fraction of sp³-hybridized carbons (Fsp3) is 0.364. The van der Waals surface area contributed by atoms with E-state index in [1.165, 1.54) is 12.4 Å². The molecule has 1 aliphatic rings. The van der Waals surface area contributed by atoms with Crippen molar-refractivity contribution in [3.63, 3.8) is 0 Å². The molecular weight excluding hydrogens is 382 g/mol. The van der Waals surface area contributed by atoms with Crippen molar-refractivity contribution < 1.29 is 14.7 Å². The number of amides is 1. The summed E-state index contributed by atoms with van der Waals surface area (Å²) in [6.45, 7) is 6.71. The lowest BCUT2D eigenvalue weighted by Gasteiger charge is -2.33. The molecule has 2 atom stereocenters. The van der Waals surface area contributed by atoms with Gasteiger partial charge in [-0.25, -0.2) is 9.31 Å². The van der Waals surface area contributed by atoms with Gasteiger partial charge >= 0.3 is 5.97 Å². The molecule has 156 valence electrons. The first-order chi connectivity index (χ1) is 14.2. The molecule has 0 aromatic carbocycles. The third kappa shape index (κ3) is 3.28. The first-order valence-corrected chi connectivity index (χ1v) is 9.95. The van der Waals surface area contributed by atoms with Gasteiger partial charge in [-0.05, 0) is 36.3 Å². The third-order valence-electron chi connectivity index (χ3n) is 6.60. The van der Waals surface area contributed by atoms with E-state index in [1.54, 1.807) is 23.0 Å². The monoisotopic (exact) mass is 407 g/mol. The quantitative estimate of drug-likeness (QED) is 0.595. The maximum atomic E-state index is 12.1. The second-order valence-corrected chi connectivity index (χ2v) is 8.62. The zero-order valence-corrected chi connectivity index (χ0v) is 17.2. The number of nitrogens with zero attached hydrogens (tertiary/aromatic N) is 3. The Bertz CT molecular complexity index is 1150. The number of pyridine rings is 1. The summed E-state index contributed by atoms with van der Waals surface area (Å²) in [6.07, 6.45) is 8.28. The second kappa shape index (κ2) is 7.12. The minimum absolute atomic E-state index is 0.0599. The van der Waals surface area contributed by atoms with Crippen molar-refractivity contribution in [2.45, 2.75) is 39.7 Å². The number of rotatable bonds is 5. The first-order valence-electron chi connectivity index (χ1n) is 9.95. The maximum absolute atomic E-state index is 12.1. The summed E-state index contributed by atoms with van der Waals surface area (Å²) < 4.78 is 1.67. The number of hydrogen-bond donors (Lipinski definition) is 3. The molecule has 0 aliphatic heterocycles. The summed E-state index contributed by atoms with van der Waals surface area (Å²) in [5.74, 6) is -1.03. The highest BCUT2D eigenvalue weighted by atomic mass is 16.4. The van der Waals surface area contributed by atoms with Crippen LogP contribution in [0.25, 0.3) is 16.6 Å². The molecule has 0 radical (unpaired) electrons. The van der Waals surface area contributed by atoms with Crippen LogP contribution in [0.4, 0.5) is 5.69 Å². The van der Waals surface area contributed by atoms with Gasteiger partial charge in [0.2, 0.25) is 0 Å².